The Morgan fingerprint density at radius 1 is 0.595 bits per heavy atom. The Hall–Kier alpha value is -2.10. The van der Waals surface area contributed by atoms with E-state index in [-0.39, 0.29) is 21.7 Å². The normalized spacial score (nSPS) is 12.1. The van der Waals surface area contributed by atoms with Crippen LogP contribution >= 0.6 is 0 Å². The molecule has 37 heavy (non-hydrogen) atoms. The number of rotatable bonds is 1. The van der Waals surface area contributed by atoms with Crippen molar-refractivity contribution in [2.75, 3.05) is 0 Å². The average molecular weight is 541 g/mol. The van der Waals surface area contributed by atoms with Crippen LogP contribution in [0.2, 0.25) is 0 Å². The van der Waals surface area contributed by atoms with Crippen molar-refractivity contribution in [1.29, 1.82) is 0 Å². The molecule has 0 radical (unpaired) electrons. The Kier molecular flexibility index (Phi) is 11.2. The van der Waals surface area contributed by atoms with Gasteiger partial charge in [0.2, 0.25) is 0 Å². The average Bonchev–Trinajstić information content (AvgIpc) is 3.26. The first-order valence-corrected chi connectivity index (χ1v) is 13.8. The molecule has 4 heteroatoms. The minimum atomic E-state index is -0.00859. The third kappa shape index (κ3) is 10.7. The molecule has 2 N–H and O–H groups in total. The van der Waals surface area contributed by atoms with E-state index >= 15 is 0 Å². The van der Waals surface area contributed by atoms with Gasteiger partial charge in [0.1, 0.15) is 11.5 Å². The van der Waals surface area contributed by atoms with Gasteiger partial charge in [0.05, 0.1) is 0 Å². The van der Waals surface area contributed by atoms with Crippen molar-refractivity contribution in [1.82, 2.24) is 0 Å². The number of aromatic hydroxyl groups is 2. The van der Waals surface area contributed by atoms with Crippen LogP contribution in [-0.4, -0.2) is 14.5 Å². The van der Waals surface area contributed by atoms with E-state index in [0.29, 0.717) is 11.5 Å². The van der Waals surface area contributed by atoms with Gasteiger partial charge in [-0.25, -0.2) is 0 Å². The van der Waals surface area contributed by atoms with Crippen molar-refractivity contribution in [3.05, 3.63) is 82.8 Å². The summed E-state index contributed by atoms with van der Waals surface area (Å²) in [6.45, 7) is 25.8. The van der Waals surface area contributed by atoms with Gasteiger partial charge in [-0.15, -0.1) is 0 Å². The number of phenols is 2. The van der Waals surface area contributed by atoms with Crippen LogP contribution in [0.25, 0.3) is 0 Å². The summed E-state index contributed by atoms with van der Waals surface area (Å²) in [4.78, 5) is 0. The predicted octanol–water partition coefficient (Wildman–Crippen LogP) is 8.95. The first kappa shape index (κ1) is 32.9. The summed E-state index contributed by atoms with van der Waals surface area (Å²) in [5.74, 6) is 1.73. The van der Waals surface area contributed by atoms with E-state index in [1.165, 1.54) is 11.1 Å². The zero-order valence-corrected chi connectivity index (χ0v) is 26.6. The van der Waals surface area contributed by atoms with Gasteiger partial charge in [-0.2, -0.15) is 0 Å². The van der Waals surface area contributed by atoms with Crippen LogP contribution in [0.4, 0.5) is 0 Å². The van der Waals surface area contributed by atoms with Gasteiger partial charge in [-0.3, -0.25) is 0 Å². The van der Waals surface area contributed by atoms with Crippen LogP contribution in [0, 0.1) is 0 Å². The van der Waals surface area contributed by atoms with E-state index in [9.17, 15) is 10.2 Å². The van der Waals surface area contributed by atoms with Gasteiger partial charge >= 0.3 is 52.9 Å². The maximum atomic E-state index is 9.84. The molecule has 0 atom stereocenters. The fourth-order valence-electron chi connectivity index (χ4n) is 3.58. The molecule has 3 nitrogen and oxygen atoms in total. The van der Waals surface area contributed by atoms with Gasteiger partial charge in [-0.05, 0) is 56.0 Å². The topological polar surface area (TPSA) is 53.6 Å². The summed E-state index contributed by atoms with van der Waals surface area (Å²) < 4.78 is 6.84. The van der Waals surface area contributed by atoms with Crippen molar-refractivity contribution in [3.8, 4) is 11.5 Å². The van der Waals surface area contributed by atoms with Gasteiger partial charge in [0.25, 0.3) is 0 Å². The fourth-order valence-corrected chi connectivity index (χ4v) is 3.84. The molecule has 1 aromatic heterocycles. The molecule has 0 saturated carbocycles. The second kappa shape index (κ2) is 12.6. The van der Waals surface area contributed by atoms with Crippen LogP contribution in [-0.2, 0) is 41.6 Å². The summed E-state index contributed by atoms with van der Waals surface area (Å²) in [7, 11) is 0. The van der Waals surface area contributed by atoms with Crippen LogP contribution in [0.3, 0.4) is 0 Å². The standard InChI is InChI=1S/2C14H22O.C5H4O.Ti/c2*1-13(2,3)10-7-8-12(15)11(9-10)14(4,5)6;1-5-3-2-4-6-5;/h2*7-9,15H,1-6H3;1-4H;. The molecule has 0 amide bonds. The van der Waals surface area contributed by atoms with E-state index in [4.69, 9.17) is 4.42 Å². The Morgan fingerprint density at radius 2 is 0.973 bits per heavy atom. The third-order valence-corrected chi connectivity index (χ3v) is 6.47. The molecule has 0 aliphatic heterocycles. The Morgan fingerprint density at radius 3 is 1.19 bits per heavy atom. The van der Waals surface area contributed by atoms with E-state index < -0.39 is 0 Å². The zero-order valence-electron chi connectivity index (χ0n) is 25.1. The Balaban J connectivity index is 0.000000295. The second-order valence-corrected chi connectivity index (χ2v) is 14.1. The molecule has 0 saturated heterocycles. The van der Waals surface area contributed by atoms with E-state index in [2.05, 4.69) is 95.2 Å². The SMILES string of the molecule is CC(C)(C)c1ccc(O)c(C(C)(C)C)c1.CC(C)(C)c1ccc(O)c(C(C)(C)C)c1.[Ti]=[CH]c1ccco1. The molecule has 0 aliphatic rings. The van der Waals surface area contributed by atoms with Crippen molar-refractivity contribution in [2.24, 2.45) is 0 Å². The molecular weight excluding hydrogens is 492 g/mol. The molecule has 2 aromatic carbocycles. The Bertz CT molecular complexity index is 1060. The van der Waals surface area contributed by atoms with Crippen molar-refractivity contribution in [2.45, 2.75) is 105 Å². The summed E-state index contributed by atoms with van der Waals surface area (Å²) >= 11 is 1.94. The number of phenolic OH excluding ortho intramolecular Hbond substituents is 2. The minimum absolute atomic E-state index is 0.00859. The fraction of sp³-hybridized carbons (Fsp3) is 0.485. The van der Waals surface area contributed by atoms with Crippen LogP contribution in [0.15, 0.2) is 59.2 Å². The van der Waals surface area contributed by atoms with Crippen molar-refractivity contribution in [3.63, 3.8) is 0 Å². The quantitative estimate of drug-likeness (QED) is 0.303. The van der Waals surface area contributed by atoms with Crippen molar-refractivity contribution >= 4 is 4.31 Å². The van der Waals surface area contributed by atoms with E-state index in [1.54, 1.807) is 18.4 Å². The summed E-state index contributed by atoms with van der Waals surface area (Å²) in [5.41, 5.74) is 4.83. The number of furan rings is 1. The first-order valence-electron chi connectivity index (χ1n) is 12.9. The van der Waals surface area contributed by atoms with E-state index in [1.807, 2.05) is 48.6 Å². The van der Waals surface area contributed by atoms with Crippen molar-refractivity contribution < 1.29 is 34.6 Å². The zero-order chi connectivity index (χ0) is 28.8. The molecule has 0 aliphatic carbocycles. The summed E-state index contributed by atoms with van der Waals surface area (Å²) in [6.07, 6.45) is 1.66. The molecule has 0 spiro atoms. The molecular formula is C33H48O3Ti. The number of benzene rings is 2. The molecule has 202 valence electrons. The summed E-state index contributed by atoms with van der Waals surface area (Å²) in [5, 5.41) is 19.7. The van der Waals surface area contributed by atoms with Gasteiger partial charge in [0.15, 0.2) is 0 Å². The molecule has 3 aromatic rings. The van der Waals surface area contributed by atoms with E-state index in [0.717, 1.165) is 16.9 Å². The van der Waals surface area contributed by atoms with Crippen LogP contribution < -0.4 is 0 Å². The molecule has 0 bridgehead atoms. The molecule has 1 heterocycles. The third-order valence-electron chi connectivity index (χ3n) is 6.03. The maximum absolute atomic E-state index is 9.84. The van der Waals surface area contributed by atoms with Crippen LogP contribution in [0.5, 0.6) is 11.5 Å². The second-order valence-electron chi connectivity index (χ2n) is 13.6. The molecule has 0 fully saturated rings. The van der Waals surface area contributed by atoms with Gasteiger partial charge in [0, 0.05) is 0 Å². The van der Waals surface area contributed by atoms with Gasteiger partial charge < -0.3 is 10.2 Å². The van der Waals surface area contributed by atoms with Crippen LogP contribution in [0.1, 0.15) is 111 Å². The van der Waals surface area contributed by atoms with Gasteiger partial charge in [-0.1, -0.05) is 107 Å². The Labute approximate surface area is 237 Å². The summed E-state index contributed by atoms with van der Waals surface area (Å²) in [6, 6.07) is 15.7. The molecule has 3 rings (SSSR count). The molecule has 0 unspecified atom stereocenters. The monoisotopic (exact) mass is 540 g/mol. The first-order chi connectivity index (χ1) is 16.7. The number of hydrogen-bond acceptors (Lipinski definition) is 3. The number of hydrogen-bond donors (Lipinski definition) is 2. The predicted molar refractivity (Wildman–Crippen MR) is 155 cm³/mol.